The summed E-state index contributed by atoms with van der Waals surface area (Å²) in [6.45, 7) is 5.83. The van der Waals surface area contributed by atoms with Crippen LogP contribution in [0.15, 0.2) is 54.7 Å². The number of piperidine rings is 1. The lowest BCUT2D eigenvalue weighted by atomic mass is 9.89. The van der Waals surface area contributed by atoms with E-state index in [1.807, 2.05) is 12.1 Å². The third kappa shape index (κ3) is 3.32. The van der Waals surface area contributed by atoms with Crippen LogP contribution in [0.4, 0.5) is 11.5 Å². The van der Waals surface area contributed by atoms with Gasteiger partial charge in [0.2, 0.25) is 5.91 Å². The Hall–Kier alpha value is -2.75. The molecule has 1 fully saturated rings. The fourth-order valence-corrected chi connectivity index (χ4v) is 4.00. The molecule has 0 radical (unpaired) electrons. The number of hydrogen-bond acceptors (Lipinski definition) is 2. The Morgan fingerprint density at radius 3 is 2.50 bits per heavy atom. The summed E-state index contributed by atoms with van der Waals surface area (Å²) in [7, 11) is 0. The highest BCUT2D eigenvalue weighted by Crippen LogP contribution is 2.32. The van der Waals surface area contributed by atoms with Gasteiger partial charge in [-0.05, 0) is 73.2 Å². The van der Waals surface area contributed by atoms with Gasteiger partial charge in [-0.25, -0.2) is 0 Å². The quantitative estimate of drug-likeness (QED) is 0.752. The molecule has 0 saturated carbocycles. The highest BCUT2D eigenvalue weighted by molar-refractivity contribution is 5.88. The van der Waals surface area contributed by atoms with E-state index in [-0.39, 0.29) is 5.91 Å². The van der Waals surface area contributed by atoms with Gasteiger partial charge in [-0.2, -0.15) is 0 Å². The SMILES string of the molecule is CC(=O)Nc1ccc(C2CCN(c3cc(C)cc4cccn34)CC2)cc1. The largest absolute Gasteiger partial charge is 0.358 e. The number of aromatic nitrogens is 1. The number of nitrogens with zero attached hydrogens (tertiary/aromatic N) is 2. The molecule has 3 aromatic rings. The van der Waals surface area contributed by atoms with Crippen LogP contribution in [0.5, 0.6) is 0 Å². The summed E-state index contributed by atoms with van der Waals surface area (Å²) in [4.78, 5) is 13.7. The number of anilines is 2. The number of amides is 1. The van der Waals surface area contributed by atoms with E-state index < -0.39 is 0 Å². The molecule has 0 aliphatic carbocycles. The van der Waals surface area contributed by atoms with E-state index >= 15 is 0 Å². The summed E-state index contributed by atoms with van der Waals surface area (Å²) in [6, 6.07) is 17.1. The summed E-state index contributed by atoms with van der Waals surface area (Å²) in [5.41, 5.74) is 4.81. The Kier molecular flexibility index (Phi) is 4.41. The molecule has 1 N–H and O–H groups in total. The lowest BCUT2D eigenvalue weighted by Crippen LogP contribution is -2.34. The van der Waals surface area contributed by atoms with Gasteiger partial charge >= 0.3 is 0 Å². The summed E-state index contributed by atoms with van der Waals surface area (Å²) < 4.78 is 2.29. The molecule has 134 valence electrons. The van der Waals surface area contributed by atoms with Crippen molar-refractivity contribution in [3.05, 3.63) is 65.9 Å². The van der Waals surface area contributed by atoms with Gasteiger partial charge in [0.1, 0.15) is 5.82 Å². The van der Waals surface area contributed by atoms with E-state index in [0.29, 0.717) is 5.92 Å². The van der Waals surface area contributed by atoms with Crippen LogP contribution in [-0.4, -0.2) is 23.4 Å². The van der Waals surface area contributed by atoms with Gasteiger partial charge in [0.15, 0.2) is 0 Å². The molecule has 2 aromatic heterocycles. The molecule has 0 bridgehead atoms. The Bertz CT molecular complexity index is 918. The number of benzene rings is 1. The molecule has 1 aliphatic rings. The van der Waals surface area contributed by atoms with Crippen LogP contribution >= 0.6 is 0 Å². The molecule has 3 heterocycles. The third-order valence-corrected chi connectivity index (χ3v) is 5.28. The summed E-state index contributed by atoms with van der Waals surface area (Å²) in [5, 5.41) is 2.83. The Balaban J connectivity index is 1.47. The van der Waals surface area contributed by atoms with E-state index in [1.165, 1.54) is 29.4 Å². The van der Waals surface area contributed by atoms with Crippen molar-refractivity contribution in [1.29, 1.82) is 0 Å². The van der Waals surface area contributed by atoms with Crippen LogP contribution in [0.25, 0.3) is 5.52 Å². The molecule has 4 nitrogen and oxygen atoms in total. The van der Waals surface area contributed by atoms with Crippen LogP contribution < -0.4 is 10.2 Å². The first kappa shape index (κ1) is 16.7. The average molecular weight is 347 g/mol. The molecule has 0 unspecified atom stereocenters. The summed E-state index contributed by atoms with van der Waals surface area (Å²) >= 11 is 0. The number of fused-ring (bicyclic) bond motifs is 1. The van der Waals surface area contributed by atoms with E-state index in [2.05, 4.69) is 64.1 Å². The summed E-state index contributed by atoms with van der Waals surface area (Å²) in [5.74, 6) is 1.85. The maximum absolute atomic E-state index is 11.1. The molecule has 1 aliphatic heterocycles. The first-order valence-electron chi connectivity index (χ1n) is 9.30. The van der Waals surface area contributed by atoms with Crippen molar-refractivity contribution in [2.24, 2.45) is 0 Å². The lowest BCUT2D eigenvalue weighted by molar-refractivity contribution is -0.114. The number of rotatable bonds is 3. The highest BCUT2D eigenvalue weighted by Gasteiger charge is 2.22. The van der Waals surface area contributed by atoms with Crippen LogP contribution in [0.2, 0.25) is 0 Å². The van der Waals surface area contributed by atoms with Crippen LogP contribution in [-0.2, 0) is 4.79 Å². The molecule has 26 heavy (non-hydrogen) atoms. The second-order valence-electron chi connectivity index (χ2n) is 7.26. The highest BCUT2D eigenvalue weighted by atomic mass is 16.1. The van der Waals surface area contributed by atoms with Crippen molar-refractivity contribution in [2.45, 2.75) is 32.6 Å². The number of nitrogens with one attached hydrogen (secondary N) is 1. The van der Waals surface area contributed by atoms with Crippen molar-refractivity contribution in [2.75, 3.05) is 23.3 Å². The monoisotopic (exact) mass is 347 g/mol. The van der Waals surface area contributed by atoms with Crippen molar-refractivity contribution >= 4 is 22.9 Å². The molecule has 0 spiro atoms. The number of hydrogen-bond donors (Lipinski definition) is 1. The maximum Gasteiger partial charge on any atom is 0.221 e. The zero-order chi connectivity index (χ0) is 18.1. The Morgan fingerprint density at radius 2 is 1.81 bits per heavy atom. The second kappa shape index (κ2) is 6.87. The third-order valence-electron chi connectivity index (χ3n) is 5.28. The topological polar surface area (TPSA) is 36.8 Å². The molecular formula is C22H25N3O. The molecule has 4 rings (SSSR count). The average Bonchev–Trinajstić information content (AvgIpc) is 3.10. The lowest BCUT2D eigenvalue weighted by Gasteiger charge is -2.34. The first-order chi connectivity index (χ1) is 12.6. The predicted molar refractivity (Wildman–Crippen MR) is 107 cm³/mol. The zero-order valence-electron chi connectivity index (χ0n) is 15.4. The number of aryl methyl sites for hydroxylation is 1. The zero-order valence-corrected chi connectivity index (χ0v) is 15.4. The van der Waals surface area contributed by atoms with Crippen LogP contribution in [0.3, 0.4) is 0 Å². The van der Waals surface area contributed by atoms with Crippen molar-refractivity contribution < 1.29 is 4.79 Å². The van der Waals surface area contributed by atoms with Gasteiger partial charge in [0.05, 0.1) is 0 Å². The number of carbonyl (C=O) groups is 1. The van der Waals surface area contributed by atoms with Gasteiger partial charge in [0, 0.05) is 37.4 Å². The van der Waals surface area contributed by atoms with Crippen molar-refractivity contribution in [3.63, 3.8) is 0 Å². The van der Waals surface area contributed by atoms with Gasteiger partial charge < -0.3 is 14.6 Å². The molecule has 1 saturated heterocycles. The fourth-order valence-electron chi connectivity index (χ4n) is 4.00. The second-order valence-corrected chi connectivity index (χ2v) is 7.26. The normalized spacial score (nSPS) is 15.4. The Labute approximate surface area is 154 Å². The van der Waals surface area contributed by atoms with Gasteiger partial charge in [-0.3, -0.25) is 4.79 Å². The molecular weight excluding hydrogens is 322 g/mol. The maximum atomic E-state index is 11.1. The minimum Gasteiger partial charge on any atom is -0.358 e. The van der Waals surface area contributed by atoms with E-state index in [4.69, 9.17) is 0 Å². The molecule has 1 amide bonds. The van der Waals surface area contributed by atoms with Crippen molar-refractivity contribution in [1.82, 2.24) is 4.40 Å². The fraction of sp³-hybridized carbons (Fsp3) is 0.318. The molecule has 1 aromatic carbocycles. The van der Waals surface area contributed by atoms with Gasteiger partial charge in [-0.15, -0.1) is 0 Å². The molecule has 0 atom stereocenters. The van der Waals surface area contributed by atoms with E-state index in [9.17, 15) is 4.79 Å². The minimum atomic E-state index is -0.0273. The van der Waals surface area contributed by atoms with Gasteiger partial charge in [0.25, 0.3) is 0 Å². The van der Waals surface area contributed by atoms with Gasteiger partial charge in [-0.1, -0.05) is 12.1 Å². The molecule has 4 heteroatoms. The van der Waals surface area contributed by atoms with Crippen LogP contribution in [0, 0.1) is 6.92 Å². The minimum absolute atomic E-state index is 0.0273. The Morgan fingerprint density at radius 1 is 1.08 bits per heavy atom. The van der Waals surface area contributed by atoms with E-state index in [1.54, 1.807) is 0 Å². The van der Waals surface area contributed by atoms with Crippen molar-refractivity contribution in [3.8, 4) is 0 Å². The standard InChI is InChI=1S/C22H25N3O/c1-16-14-21-4-3-11-25(21)22(15-16)24-12-9-19(10-13-24)18-5-7-20(8-6-18)23-17(2)26/h3-8,11,14-15,19H,9-10,12-13H2,1-2H3,(H,23,26). The number of pyridine rings is 1. The van der Waals surface area contributed by atoms with E-state index in [0.717, 1.165) is 31.6 Å². The smallest absolute Gasteiger partial charge is 0.221 e. The summed E-state index contributed by atoms with van der Waals surface area (Å²) in [6.07, 6.45) is 4.45. The first-order valence-corrected chi connectivity index (χ1v) is 9.30. The number of carbonyl (C=O) groups excluding carboxylic acids is 1. The predicted octanol–water partition coefficient (Wildman–Crippen LogP) is 4.59. The van der Waals surface area contributed by atoms with Crippen LogP contribution in [0.1, 0.15) is 36.8 Å².